The van der Waals surface area contributed by atoms with Gasteiger partial charge in [-0.25, -0.2) is 0 Å². The highest BCUT2D eigenvalue weighted by molar-refractivity contribution is 6.35. The van der Waals surface area contributed by atoms with Gasteiger partial charge in [0.2, 0.25) is 0 Å². The zero-order valence-corrected chi connectivity index (χ0v) is 13.5. The number of halogens is 1. The molecule has 118 valence electrons. The highest BCUT2D eigenvalue weighted by Crippen LogP contribution is 2.35. The van der Waals surface area contributed by atoms with E-state index in [0.29, 0.717) is 34.2 Å². The summed E-state index contributed by atoms with van der Waals surface area (Å²) in [5, 5.41) is 4.49. The van der Waals surface area contributed by atoms with E-state index in [0.717, 1.165) is 43.5 Å². The van der Waals surface area contributed by atoms with Crippen LogP contribution in [0.2, 0.25) is 5.02 Å². The van der Waals surface area contributed by atoms with E-state index in [1.165, 1.54) is 0 Å². The third kappa shape index (κ3) is 2.99. The Morgan fingerprint density at radius 1 is 1.41 bits per heavy atom. The Labute approximate surface area is 135 Å². The third-order valence-corrected chi connectivity index (χ3v) is 4.77. The predicted octanol–water partition coefficient (Wildman–Crippen LogP) is 3.94. The van der Waals surface area contributed by atoms with Gasteiger partial charge in [-0.1, -0.05) is 11.6 Å². The summed E-state index contributed by atoms with van der Waals surface area (Å²) in [6.45, 7) is 3.94. The number of ketones is 1. The van der Waals surface area contributed by atoms with Gasteiger partial charge >= 0.3 is 0 Å². The zero-order chi connectivity index (χ0) is 15.7. The minimum absolute atomic E-state index is 0.0831. The zero-order valence-electron chi connectivity index (χ0n) is 12.7. The van der Waals surface area contributed by atoms with E-state index in [1.54, 1.807) is 6.07 Å². The predicted molar refractivity (Wildman–Crippen MR) is 89.5 cm³/mol. The molecule has 0 atom stereocenters. The van der Waals surface area contributed by atoms with E-state index in [4.69, 9.17) is 21.8 Å². The number of carbonyl (C=O) groups excluding carboxylic acids is 1. The molecule has 0 amide bonds. The summed E-state index contributed by atoms with van der Waals surface area (Å²) in [5.41, 5.74) is 7.57. The molecule has 2 heterocycles. The normalized spacial score (nSPS) is 16.3. The van der Waals surface area contributed by atoms with Crippen molar-refractivity contribution in [2.24, 2.45) is 5.92 Å². The summed E-state index contributed by atoms with van der Waals surface area (Å²) in [6.07, 6.45) is 3.74. The molecule has 4 nitrogen and oxygen atoms in total. The van der Waals surface area contributed by atoms with E-state index < -0.39 is 0 Å². The summed E-state index contributed by atoms with van der Waals surface area (Å²) in [6, 6.07) is 3.48. The number of anilines is 1. The molecule has 0 aliphatic carbocycles. The van der Waals surface area contributed by atoms with Crippen LogP contribution in [0.3, 0.4) is 0 Å². The van der Waals surface area contributed by atoms with Crippen molar-refractivity contribution in [1.82, 2.24) is 5.32 Å². The summed E-state index contributed by atoms with van der Waals surface area (Å²) < 4.78 is 5.68. The fraction of sp³-hybridized carbons (Fsp3) is 0.471. The number of hydrogen-bond donors (Lipinski definition) is 2. The molecule has 1 aromatic heterocycles. The molecule has 1 fully saturated rings. The van der Waals surface area contributed by atoms with E-state index >= 15 is 0 Å². The van der Waals surface area contributed by atoms with Crippen molar-refractivity contribution >= 4 is 34.0 Å². The number of nitrogens with two attached hydrogens (primary N) is 1. The first-order valence-electron chi connectivity index (χ1n) is 7.78. The molecule has 0 radical (unpaired) electrons. The molecule has 1 aromatic carbocycles. The van der Waals surface area contributed by atoms with Crippen molar-refractivity contribution in [3.8, 4) is 0 Å². The van der Waals surface area contributed by atoms with Crippen LogP contribution in [0.4, 0.5) is 5.69 Å². The summed E-state index contributed by atoms with van der Waals surface area (Å²) in [7, 11) is 0. The van der Waals surface area contributed by atoms with Gasteiger partial charge in [-0.15, -0.1) is 0 Å². The standard InChI is InChI=1S/C17H21ClN2O2/c1-10-8-13-16(19)14(18)9-12(17(13)22-10)15(21)3-2-11-4-6-20-7-5-11/h8-9,11,20H,2-7,19H2,1H3. The second kappa shape index (κ2) is 6.31. The fourth-order valence-electron chi connectivity index (χ4n) is 3.16. The molecule has 0 spiro atoms. The van der Waals surface area contributed by atoms with Crippen molar-refractivity contribution < 1.29 is 9.21 Å². The topological polar surface area (TPSA) is 68.3 Å². The lowest BCUT2D eigenvalue weighted by Gasteiger charge is -2.22. The van der Waals surface area contributed by atoms with Gasteiger partial charge in [-0.2, -0.15) is 0 Å². The lowest BCUT2D eigenvalue weighted by atomic mass is 9.91. The number of Topliss-reactive ketones (excluding diaryl/α,β-unsaturated/α-hetero) is 1. The van der Waals surface area contributed by atoms with Crippen LogP contribution in [0, 0.1) is 12.8 Å². The Morgan fingerprint density at radius 2 is 2.14 bits per heavy atom. The number of carbonyl (C=O) groups is 1. The second-order valence-electron chi connectivity index (χ2n) is 6.07. The van der Waals surface area contributed by atoms with Crippen LogP contribution in [0.1, 0.15) is 41.8 Å². The van der Waals surface area contributed by atoms with Crippen LogP contribution in [-0.4, -0.2) is 18.9 Å². The number of aryl methyl sites for hydroxylation is 1. The first-order chi connectivity index (χ1) is 10.6. The molecule has 3 rings (SSSR count). The Hall–Kier alpha value is -1.52. The van der Waals surface area contributed by atoms with E-state index in [-0.39, 0.29) is 5.78 Å². The molecule has 5 heteroatoms. The van der Waals surface area contributed by atoms with Gasteiger partial charge in [0.15, 0.2) is 5.78 Å². The first-order valence-corrected chi connectivity index (χ1v) is 8.16. The summed E-state index contributed by atoms with van der Waals surface area (Å²) in [4.78, 5) is 12.6. The average Bonchev–Trinajstić information content (AvgIpc) is 2.91. The summed E-state index contributed by atoms with van der Waals surface area (Å²) in [5.74, 6) is 1.44. The van der Waals surface area contributed by atoms with Crippen LogP contribution in [0.5, 0.6) is 0 Å². The van der Waals surface area contributed by atoms with E-state index in [2.05, 4.69) is 5.32 Å². The molecule has 1 aliphatic rings. The third-order valence-electron chi connectivity index (χ3n) is 4.46. The molecule has 2 aromatic rings. The van der Waals surface area contributed by atoms with Crippen LogP contribution in [0.25, 0.3) is 11.0 Å². The number of rotatable bonds is 4. The maximum absolute atomic E-state index is 12.6. The first kappa shape index (κ1) is 15.4. The fourth-order valence-corrected chi connectivity index (χ4v) is 3.37. The highest BCUT2D eigenvalue weighted by Gasteiger charge is 2.20. The van der Waals surface area contributed by atoms with Gasteiger partial charge in [0, 0.05) is 11.8 Å². The molecule has 0 saturated carbocycles. The average molecular weight is 321 g/mol. The monoisotopic (exact) mass is 320 g/mol. The van der Waals surface area contributed by atoms with Crippen LogP contribution in [0.15, 0.2) is 16.5 Å². The van der Waals surface area contributed by atoms with Gasteiger partial charge in [-0.3, -0.25) is 4.79 Å². The number of benzene rings is 1. The summed E-state index contributed by atoms with van der Waals surface area (Å²) >= 11 is 6.17. The molecule has 1 aliphatic heterocycles. The highest BCUT2D eigenvalue weighted by atomic mass is 35.5. The number of nitrogen functional groups attached to an aromatic ring is 1. The minimum Gasteiger partial charge on any atom is -0.461 e. The number of fused-ring (bicyclic) bond motifs is 1. The van der Waals surface area contributed by atoms with Crippen LogP contribution < -0.4 is 11.1 Å². The Morgan fingerprint density at radius 3 is 2.86 bits per heavy atom. The Balaban J connectivity index is 1.82. The molecular weight excluding hydrogens is 300 g/mol. The van der Waals surface area contributed by atoms with Crippen LogP contribution in [-0.2, 0) is 0 Å². The largest absolute Gasteiger partial charge is 0.461 e. The molecule has 3 N–H and O–H groups in total. The van der Waals surface area contributed by atoms with Gasteiger partial charge in [0.1, 0.15) is 11.3 Å². The molecular formula is C17H21ClN2O2. The quantitative estimate of drug-likeness (QED) is 0.661. The Bertz CT molecular complexity index is 702. The SMILES string of the molecule is Cc1cc2c(N)c(Cl)cc(C(=O)CCC3CCNCC3)c2o1. The number of piperidine rings is 1. The molecule has 0 unspecified atom stereocenters. The van der Waals surface area contributed by atoms with Crippen molar-refractivity contribution in [3.05, 3.63) is 28.5 Å². The molecule has 22 heavy (non-hydrogen) atoms. The van der Waals surface area contributed by atoms with E-state index in [1.807, 2.05) is 13.0 Å². The van der Waals surface area contributed by atoms with Gasteiger partial charge in [0.05, 0.1) is 16.3 Å². The van der Waals surface area contributed by atoms with Crippen molar-refractivity contribution in [3.63, 3.8) is 0 Å². The van der Waals surface area contributed by atoms with Crippen LogP contribution >= 0.6 is 11.6 Å². The van der Waals surface area contributed by atoms with Gasteiger partial charge in [-0.05, 0) is 57.3 Å². The lowest BCUT2D eigenvalue weighted by Crippen LogP contribution is -2.28. The maximum Gasteiger partial charge on any atom is 0.166 e. The van der Waals surface area contributed by atoms with Crippen molar-refractivity contribution in [2.75, 3.05) is 18.8 Å². The van der Waals surface area contributed by atoms with Gasteiger partial charge < -0.3 is 15.5 Å². The lowest BCUT2D eigenvalue weighted by molar-refractivity contribution is 0.0971. The van der Waals surface area contributed by atoms with E-state index in [9.17, 15) is 4.79 Å². The van der Waals surface area contributed by atoms with Gasteiger partial charge in [0.25, 0.3) is 0 Å². The maximum atomic E-state index is 12.6. The number of nitrogens with one attached hydrogen (secondary N) is 1. The Kier molecular flexibility index (Phi) is 4.41. The number of furan rings is 1. The minimum atomic E-state index is 0.0831. The number of hydrogen-bond acceptors (Lipinski definition) is 4. The van der Waals surface area contributed by atoms with Crippen molar-refractivity contribution in [2.45, 2.75) is 32.6 Å². The van der Waals surface area contributed by atoms with Crippen molar-refractivity contribution in [1.29, 1.82) is 0 Å². The smallest absolute Gasteiger partial charge is 0.166 e. The molecule has 1 saturated heterocycles. The second-order valence-corrected chi connectivity index (χ2v) is 6.48. The molecule has 0 bridgehead atoms.